The Morgan fingerprint density at radius 2 is 1.84 bits per heavy atom. The first-order chi connectivity index (χ1) is 11.7. The van der Waals surface area contributed by atoms with Gasteiger partial charge in [0.2, 0.25) is 0 Å². The second-order valence-electron chi connectivity index (χ2n) is 6.62. The van der Waals surface area contributed by atoms with E-state index in [1.54, 1.807) is 24.3 Å². The predicted molar refractivity (Wildman–Crippen MR) is 96.7 cm³/mol. The number of nitrogens with zero attached hydrogens (tertiary/aromatic N) is 1. The fourth-order valence-corrected chi connectivity index (χ4v) is 2.29. The van der Waals surface area contributed by atoms with Crippen LogP contribution in [0.1, 0.15) is 44.5 Å². The molecule has 0 bridgehead atoms. The molecule has 0 spiro atoms. The maximum atomic E-state index is 12.7. The van der Waals surface area contributed by atoms with E-state index in [2.05, 4.69) is 10.6 Å². The molecule has 0 radical (unpaired) electrons. The maximum Gasteiger partial charge on any atom is 0.319 e. The third kappa shape index (κ3) is 7.69. The van der Waals surface area contributed by atoms with Crippen molar-refractivity contribution in [1.29, 1.82) is 0 Å². The highest BCUT2D eigenvalue weighted by atomic mass is 16.4. The number of carboxylic acids is 1. The molecule has 7 heteroatoms. The Kier molecular flexibility index (Phi) is 7.91. The van der Waals surface area contributed by atoms with Gasteiger partial charge in [0.05, 0.1) is 6.42 Å². The Morgan fingerprint density at radius 3 is 2.40 bits per heavy atom. The molecule has 0 aliphatic rings. The lowest BCUT2D eigenvalue weighted by Gasteiger charge is -2.24. The van der Waals surface area contributed by atoms with Gasteiger partial charge < -0.3 is 20.6 Å². The Morgan fingerprint density at radius 1 is 1.16 bits per heavy atom. The number of aliphatic carboxylic acids is 1. The number of urea groups is 1. The first-order valence-electron chi connectivity index (χ1n) is 8.37. The van der Waals surface area contributed by atoms with Crippen LogP contribution in [-0.4, -0.2) is 47.0 Å². The Labute approximate surface area is 148 Å². The minimum absolute atomic E-state index is 0.00219. The predicted octanol–water partition coefficient (Wildman–Crippen LogP) is 2.79. The average molecular weight is 349 g/mol. The fourth-order valence-electron chi connectivity index (χ4n) is 2.29. The van der Waals surface area contributed by atoms with Crippen molar-refractivity contribution in [1.82, 2.24) is 10.2 Å². The molecule has 7 nitrogen and oxygen atoms in total. The molecule has 0 unspecified atom stereocenters. The minimum Gasteiger partial charge on any atom is -0.481 e. The Hall–Kier alpha value is -2.57. The van der Waals surface area contributed by atoms with Crippen molar-refractivity contribution in [3.63, 3.8) is 0 Å². The molecule has 0 fully saturated rings. The van der Waals surface area contributed by atoms with Gasteiger partial charge in [0.1, 0.15) is 0 Å². The van der Waals surface area contributed by atoms with Crippen molar-refractivity contribution in [2.45, 2.75) is 40.2 Å². The molecular weight excluding hydrogens is 322 g/mol. The topological polar surface area (TPSA) is 98.7 Å². The van der Waals surface area contributed by atoms with Crippen LogP contribution in [0, 0.1) is 5.92 Å². The van der Waals surface area contributed by atoms with Crippen LogP contribution in [-0.2, 0) is 4.79 Å². The molecule has 0 aliphatic carbocycles. The number of carboxylic acid groups (broad SMARTS) is 1. The van der Waals surface area contributed by atoms with Gasteiger partial charge in [-0.15, -0.1) is 0 Å². The molecular formula is C18H27N3O4. The lowest BCUT2D eigenvalue weighted by atomic mass is 10.1. The third-order valence-electron chi connectivity index (χ3n) is 3.26. The summed E-state index contributed by atoms with van der Waals surface area (Å²) in [6, 6.07) is 6.29. The standard InChI is InChI=1S/C18H27N3O4/c1-12(2)11-21(9-8-16(22)23)17(24)14-6-5-7-15(10-14)20-18(25)19-13(3)4/h5-7,10,12-13H,8-9,11H2,1-4H3,(H,22,23)(H2,19,20,25). The van der Waals surface area contributed by atoms with Crippen LogP contribution >= 0.6 is 0 Å². The number of nitrogens with one attached hydrogen (secondary N) is 2. The van der Waals surface area contributed by atoms with E-state index >= 15 is 0 Å². The van der Waals surface area contributed by atoms with Gasteiger partial charge in [-0.05, 0) is 38.0 Å². The van der Waals surface area contributed by atoms with Crippen molar-refractivity contribution in [3.8, 4) is 0 Å². The number of carbonyl (C=O) groups excluding carboxylic acids is 2. The van der Waals surface area contributed by atoms with Gasteiger partial charge in [-0.1, -0.05) is 19.9 Å². The number of carbonyl (C=O) groups is 3. The maximum absolute atomic E-state index is 12.7. The molecule has 25 heavy (non-hydrogen) atoms. The van der Waals surface area contributed by atoms with E-state index < -0.39 is 5.97 Å². The van der Waals surface area contributed by atoms with E-state index in [1.807, 2.05) is 27.7 Å². The number of benzene rings is 1. The van der Waals surface area contributed by atoms with Crippen LogP contribution < -0.4 is 10.6 Å². The fraction of sp³-hybridized carbons (Fsp3) is 0.500. The molecule has 0 aromatic heterocycles. The van der Waals surface area contributed by atoms with Gasteiger partial charge in [0.15, 0.2) is 0 Å². The first kappa shape index (κ1) is 20.5. The van der Waals surface area contributed by atoms with Crippen LogP contribution in [0.3, 0.4) is 0 Å². The van der Waals surface area contributed by atoms with Crippen LogP contribution in [0.15, 0.2) is 24.3 Å². The molecule has 138 valence electrons. The largest absolute Gasteiger partial charge is 0.481 e. The molecule has 0 saturated carbocycles. The van der Waals surface area contributed by atoms with Gasteiger partial charge in [0.25, 0.3) is 5.91 Å². The summed E-state index contributed by atoms with van der Waals surface area (Å²) in [5, 5.41) is 14.3. The second kappa shape index (κ2) is 9.66. The van der Waals surface area contributed by atoms with E-state index in [0.717, 1.165) is 0 Å². The molecule has 3 N–H and O–H groups in total. The molecule has 0 heterocycles. The highest BCUT2D eigenvalue weighted by molar-refractivity contribution is 5.97. The van der Waals surface area contributed by atoms with E-state index in [0.29, 0.717) is 17.8 Å². The van der Waals surface area contributed by atoms with Gasteiger partial charge in [-0.2, -0.15) is 0 Å². The molecule has 0 atom stereocenters. The SMILES string of the molecule is CC(C)CN(CCC(=O)O)C(=O)c1cccc(NC(=O)NC(C)C)c1. The minimum atomic E-state index is -0.942. The molecule has 1 aromatic rings. The van der Waals surface area contributed by atoms with E-state index in [9.17, 15) is 14.4 Å². The lowest BCUT2D eigenvalue weighted by molar-refractivity contribution is -0.137. The van der Waals surface area contributed by atoms with Crippen molar-refractivity contribution >= 4 is 23.6 Å². The van der Waals surface area contributed by atoms with E-state index in [4.69, 9.17) is 5.11 Å². The summed E-state index contributed by atoms with van der Waals surface area (Å²) in [5.41, 5.74) is 0.917. The zero-order valence-electron chi connectivity index (χ0n) is 15.2. The molecule has 3 amide bonds. The van der Waals surface area contributed by atoms with Crippen molar-refractivity contribution in [2.75, 3.05) is 18.4 Å². The highest BCUT2D eigenvalue weighted by Gasteiger charge is 2.18. The highest BCUT2D eigenvalue weighted by Crippen LogP contribution is 2.14. The van der Waals surface area contributed by atoms with Crippen molar-refractivity contribution in [2.24, 2.45) is 5.92 Å². The molecule has 0 aliphatic heterocycles. The Bertz CT molecular complexity index is 614. The van der Waals surface area contributed by atoms with E-state index in [-0.39, 0.29) is 36.9 Å². The van der Waals surface area contributed by atoms with Crippen LogP contribution in [0.2, 0.25) is 0 Å². The average Bonchev–Trinajstić information content (AvgIpc) is 2.49. The quantitative estimate of drug-likeness (QED) is 0.672. The number of anilines is 1. The molecule has 0 saturated heterocycles. The first-order valence-corrected chi connectivity index (χ1v) is 8.37. The summed E-state index contributed by atoms with van der Waals surface area (Å²) in [5.74, 6) is -0.971. The van der Waals surface area contributed by atoms with E-state index in [1.165, 1.54) is 4.90 Å². The van der Waals surface area contributed by atoms with Crippen molar-refractivity contribution < 1.29 is 19.5 Å². The van der Waals surface area contributed by atoms with Crippen LogP contribution in [0.5, 0.6) is 0 Å². The number of amides is 3. The smallest absolute Gasteiger partial charge is 0.319 e. The van der Waals surface area contributed by atoms with Gasteiger partial charge >= 0.3 is 12.0 Å². The van der Waals surface area contributed by atoms with Crippen molar-refractivity contribution in [3.05, 3.63) is 29.8 Å². The number of hydrogen-bond acceptors (Lipinski definition) is 3. The molecule has 1 rings (SSSR count). The normalized spacial score (nSPS) is 10.6. The molecule has 1 aromatic carbocycles. The summed E-state index contributed by atoms with van der Waals surface area (Å²) in [6.45, 7) is 8.26. The van der Waals surface area contributed by atoms with Gasteiger partial charge in [-0.25, -0.2) is 4.79 Å². The zero-order chi connectivity index (χ0) is 19.0. The summed E-state index contributed by atoms with van der Waals surface area (Å²) >= 11 is 0. The monoisotopic (exact) mass is 349 g/mol. The number of rotatable bonds is 8. The summed E-state index contributed by atoms with van der Waals surface area (Å²) < 4.78 is 0. The van der Waals surface area contributed by atoms with Gasteiger partial charge in [0, 0.05) is 30.4 Å². The Balaban J connectivity index is 2.88. The summed E-state index contributed by atoms with van der Waals surface area (Å²) in [6.07, 6.45) is -0.104. The van der Waals surface area contributed by atoms with Crippen LogP contribution in [0.4, 0.5) is 10.5 Å². The number of hydrogen-bond donors (Lipinski definition) is 3. The summed E-state index contributed by atoms with van der Waals surface area (Å²) in [7, 11) is 0. The van der Waals surface area contributed by atoms with Gasteiger partial charge in [-0.3, -0.25) is 9.59 Å². The lowest BCUT2D eigenvalue weighted by Crippen LogP contribution is -2.36. The van der Waals surface area contributed by atoms with Crippen LogP contribution in [0.25, 0.3) is 0 Å². The summed E-state index contributed by atoms with van der Waals surface area (Å²) in [4.78, 5) is 36.8. The zero-order valence-corrected chi connectivity index (χ0v) is 15.2. The third-order valence-corrected chi connectivity index (χ3v) is 3.26. The second-order valence-corrected chi connectivity index (χ2v) is 6.62.